The molecule has 0 unspecified atom stereocenters. The van der Waals surface area contributed by atoms with Crippen LogP contribution < -0.4 is 5.32 Å². The molecule has 0 saturated heterocycles. The number of carbonyl (C=O) groups excluding carboxylic acids is 1. The topological polar surface area (TPSA) is 72.2 Å². The summed E-state index contributed by atoms with van der Waals surface area (Å²) in [4.78, 5) is 23.6. The first-order valence-corrected chi connectivity index (χ1v) is 6.67. The smallest absolute Gasteiger partial charge is 0.284 e. The van der Waals surface area contributed by atoms with Crippen molar-refractivity contribution in [1.29, 1.82) is 0 Å². The number of nitrogens with zero attached hydrogens (tertiary/aromatic N) is 1. The maximum atomic E-state index is 11.5. The van der Waals surface area contributed by atoms with E-state index in [-0.39, 0.29) is 17.2 Å². The maximum Gasteiger partial charge on any atom is 0.284 e. The molecule has 1 N–H and O–H groups in total. The van der Waals surface area contributed by atoms with Gasteiger partial charge in [-0.2, -0.15) is 0 Å². The fraction of sp³-hybridized carbons (Fsp3) is 0.0714. The molecule has 102 valence electrons. The Kier molecular flexibility index (Phi) is 4.37. The molecule has 1 amide bonds. The zero-order valence-corrected chi connectivity index (χ0v) is 11.5. The van der Waals surface area contributed by atoms with Gasteiger partial charge in [-0.3, -0.25) is 14.9 Å². The van der Waals surface area contributed by atoms with Gasteiger partial charge < -0.3 is 5.32 Å². The van der Waals surface area contributed by atoms with Crippen LogP contribution in [0.15, 0.2) is 58.3 Å². The molecule has 0 heterocycles. The third kappa shape index (κ3) is 3.16. The standard InChI is InChI=1S/C14H12N2O3S/c1-15-14(17)10-7-8-13(12(9-10)16(18)19)20-11-5-3-2-4-6-11/h2-9H,1H3,(H,15,17). The van der Waals surface area contributed by atoms with Crippen molar-refractivity contribution in [2.45, 2.75) is 9.79 Å². The number of benzene rings is 2. The van der Waals surface area contributed by atoms with E-state index in [1.165, 1.54) is 24.9 Å². The summed E-state index contributed by atoms with van der Waals surface area (Å²) in [7, 11) is 1.49. The summed E-state index contributed by atoms with van der Waals surface area (Å²) >= 11 is 1.30. The highest BCUT2D eigenvalue weighted by Crippen LogP contribution is 2.35. The van der Waals surface area contributed by atoms with Crippen LogP contribution in [0, 0.1) is 10.1 Å². The first-order chi connectivity index (χ1) is 9.61. The predicted octanol–water partition coefficient (Wildman–Crippen LogP) is 3.11. The van der Waals surface area contributed by atoms with Gasteiger partial charge in [0, 0.05) is 23.6 Å². The van der Waals surface area contributed by atoms with Crippen molar-refractivity contribution in [3.63, 3.8) is 0 Å². The molecule has 0 atom stereocenters. The van der Waals surface area contributed by atoms with Crippen LogP contribution in [-0.2, 0) is 0 Å². The molecule has 0 aliphatic rings. The van der Waals surface area contributed by atoms with Gasteiger partial charge in [0.05, 0.1) is 9.82 Å². The lowest BCUT2D eigenvalue weighted by molar-refractivity contribution is -0.387. The lowest BCUT2D eigenvalue weighted by Gasteiger charge is -2.05. The zero-order chi connectivity index (χ0) is 14.5. The van der Waals surface area contributed by atoms with E-state index in [4.69, 9.17) is 0 Å². The van der Waals surface area contributed by atoms with Crippen LogP contribution in [-0.4, -0.2) is 17.9 Å². The molecule has 2 aromatic carbocycles. The minimum atomic E-state index is -0.474. The number of rotatable bonds is 4. The third-order valence-electron chi connectivity index (χ3n) is 2.62. The van der Waals surface area contributed by atoms with Crippen molar-refractivity contribution < 1.29 is 9.72 Å². The molecule has 2 rings (SSSR count). The molecule has 0 aliphatic carbocycles. The van der Waals surface area contributed by atoms with Crippen LogP contribution in [0.1, 0.15) is 10.4 Å². The number of nitrogens with one attached hydrogen (secondary N) is 1. The second-order valence-electron chi connectivity index (χ2n) is 3.93. The second kappa shape index (κ2) is 6.21. The van der Waals surface area contributed by atoms with Crippen molar-refractivity contribution in [2.24, 2.45) is 0 Å². The Bertz CT molecular complexity index is 644. The quantitative estimate of drug-likeness (QED) is 0.693. The first-order valence-electron chi connectivity index (χ1n) is 5.85. The Morgan fingerprint density at radius 2 is 1.90 bits per heavy atom. The molecule has 0 bridgehead atoms. The summed E-state index contributed by atoms with van der Waals surface area (Å²) in [5.41, 5.74) is 0.205. The Morgan fingerprint density at radius 1 is 1.20 bits per heavy atom. The van der Waals surface area contributed by atoms with E-state index in [9.17, 15) is 14.9 Å². The number of hydrogen-bond acceptors (Lipinski definition) is 4. The number of amides is 1. The van der Waals surface area contributed by atoms with Gasteiger partial charge in [-0.15, -0.1) is 0 Å². The molecular formula is C14H12N2O3S. The number of nitro benzene ring substituents is 1. The summed E-state index contributed by atoms with van der Waals surface area (Å²) in [6.07, 6.45) is 0. The molecule has 0 fully saturated rings. The normalized spacial score (nSPS) is 10.1. The molecule has 6 heteroatoms. The minimum Gasteiger partial charge on any atom is -0.355 e. The molecule has 2 aromatic rings. The second-order valence-corrected chi connectivity index (χ2v) is 5.05. The van der Waals surface area contributed by atoms with Crippen LogP contribution in [0.2, 0.25) is 0 Å². The van der Waals surface area contributed by atoms with Gasteiger partial charge in [0.1, 0.15) is 0 Å². The highest BCUT2D eigenvalue weighted by Gasteiger charge is 2.17. The largest absolute Gasteiger partial charge is 0.355 e. The fourth-order valence-electron chi connectivity index (χ4n) is 1.65. The SMILES string of the molecule is CNC(=O)c1ccc(Sc2ccccc2)c([N+](=O)[O-])c1. The van der Waals surface area contributed by atoms with Gasteiger partial charge in [-0.25, -0.2) is 0 Å². The van der Waals surface area contributed by atoms with Crippen LogP contribution in [0.5, 0.6) is 0 Å². The monoisotopic (exact) mass is 288 g/mol. The van der Waals surface area contributed by atoms with E-state index in [1.807, 2.05) is 30.3 Å². The highest BCUT2D eigenvalue weighted by atomic mass is 32.2. The van der Waals surface area contributed by atoms with E-state index in [0.29, 0.717) is 4.90 Å². The van der Waals surface area contributed by atoms with Crippen LogP contribution in [0.4, 0.5) is 5.69 Å². The van der Waals surface area contributed by atoms with Gasteiger partial charge in [0.15, 0.2) is 0 Å². The van der Waals surface area contributed by atoms with Gasteiger partial charge in [-0.1, -0.05) is 30.0 Å². The van der Waals surface area contributed by atoms with Crippen molar-refractivity contribution in [2.75, 3.05) is 7.05 Å². The molecule has 0 spiro atoms. The van der Waals surface area contributed by atoms with Gasteiger partial charge in [-0.05, 0) is 24.3 Å². The summed E-state index contributed by atoms with van der Waals surface area (Å²) in [5, 5.41) is 13.6. The third-order valence-corrected chi connectivity index (χ3v) is 3.69. The van der Waals surface area contributed by atoms with E-state index >= 15 is 0 Å². The highest BCUT2D eigenvalue weighted by molar-refractivity contribution is 7.99. The van der Waals surface area contributed by atoms with Crippen LogP contribution in [0.3, 0.4) is 0 Å². The summed E-state index contributed by atoms with van der Waals surface area (Å²) < 4.78 is 0. The van der Waals surface area contributed by atoms with Gasteiger partial charge >= 0.3 is 0 Å². The van der Waals surface area contributed by atoms with E-state index < -0.39 is 4.92 Å². The van der Waals surface area contributed by atoms with E-state index in [0.717, 1.165) is 4.90 Å². The number of hydrogen-bond donors (Lipinski definition) is 1. The van der Waals surface area contributed by atoms with Crippen molar-refractivity contribution in [1.82, 2.24) is 5.32 Å². The number of nitro groups is 1. The van der Waals surface area contributed by atoms with E-state index in [1.54, 1.807) is 12.1 Å². The van der Waals surface area contributed by atoms with E-state index in [2.05, 4.69) is 5.32 Å². The molecule has 0 saturated carbocycles. The molecule has 5 nitrogen and oxygen atoms in total. The average Bonchev–Trinajstić information content (AvgIpc) is 2.47. The van der Waals surface area contributed by atoms with Crippen molar-refractivity contribution in [3.05, 3.63) is 64.2 Å². The number of carbonyl (C=O) groups is 1. The maximum absolute atomic E-state index is 11.5. The minimum absolute atomic E-state index is 0.0695. The Balaban J connectivity index is 2.38. The molecule has 0 aromatic heterocycles. The average molecular weight is 288 g/mol. The fourth-order valence-corrected chi connectivity index (χ4v) is 2.57. The molecule has 0 radical (unpaired) electrons. The van der Waals surface area contributed by atoms with Gasteiger partial charge in [0.25, 0.3) is 11.6 Å². The van der Waals surface area contributed by atoms with Crippen molar-refractivity contribution >= 4 is 23.4 Å². The lowest BCUT2D eigenvalue weighted by Crippen LogP contribution is -2.17. The lowest BCUT2D eigenvalue weighted by atomic mass is 10.2. The first kappa shape index (κ1) is 14.1. The predicted molar refractivity (Wildman–Crippen MR) is 77.1 cm³/mol. The summed E-state index contributed by atoms with van der Waals surface area (Å²) in [5.74, 6) is -0.343. The summed E-state index contributed by atoms with van der Waals surface area (Å²) in [6.45, 7) is 0. The Labute approximate surface area is 120 Å². The Morgan fingerprint density at radius 3 is 2.50 bits per heavy atom. The molecule has 0 aliphatic heterocycles. The molecular weight excluding hydrogens is 276 g/mol. The van der Waals surface area contributed by atoms with Gasteiger partial charge in [0.2, 0.25) is 0 Å². The Hall–Kier alpha value is -2.34. The zero-order valence-electron chi connectivity index (χ0n) is 10.7. The van der Waals surface area contributed by atoms with Crippen LogP contribution in [0.25, 0.3) is 0 Å². The summed E-state index contributed by atoms with van der Waals surface area (Å²) in [6, 6.07) is 13.8. The molecule has 20 heavy (non-hydrogen) atoms. The van der Waals surface area contributed by atoms with Crippen LogP contribution >= 0.6 is 11.8 Å². The van der Waals surface area contributed by atoms with Crippen molar-refractivity contribution in [3.8, 4) is 0 Å².